The number of ether oxygens (including phenoxy) is 1. The summed E-state index contributed by atoms with van der Waals surface area (Å²) in [5.74, 6) is 0.896. The van der Waals surface area contributed by atoms with Crippen LogP contribution in [0, 0.1) is 13.8 Å². The summed E-state index contributed by atoms with van der Waals surface area (Å²) in [4.78, 5) is 5.71. The lowest BCUT2D eigenvalue weighted by Gasteiger charge is -2.05. The Labute approximate surface area is 114 Å². The van der Waals surface area contributed by atoms with Gasteiger partial charge in [0.05, 0.1) is 5.69 Å². The van der Waals surface area contributed by atoms with Crippen molar-refractivity contribution in [3.63, 3.8) is 0 Å². The van der Waals surface area contributed by atoms with Crippen LogP contribution in [0.1, 0.15) is 21.1 Å². The summed E-state index contributed by atoms with van der Waals surface area (Å²) in [6.07, 6.45) is 0. The van der Waals surface area contributed by atoms with Crippen LogP contribution in [0.3, 0.4) is 0 Å². The van der Waals surface area contributed by atoms with Crippen molar-refractivity contribution in [2.75, 3.05) is 0 Å². The molecule has 0 saturated heterocycles. The van der Waals surface area contributed by atoms with Gasteiger partial charge in [-0.2, -0.15) is 0 Å². The summed E-state index contributed by atoms with van der Waals surface area (Å²) in [5.41, 5.74) is 2.32. The first-order chi connectivity index (χ1) is 8.19. The Balaban J connectivity index is 2.01. The van der Waals surface area contributed by atoms with E-state index in [-0.39, 0.29) is 0 Å². The Morgan fingerprint density at radius 2 is 2.18 bits per heavy atom. The molecule has 0 fully saturated rings. The monoisotopic (exact) mass is 311 g/mol. The molecular weight excluding hydrogens is 298 g/mol. The minimum absolute atomic E-state index is 0.547. The maximum absolute atomic E-state index is 5.73. The summed E-state index contributed by atoms with van der Waals surface area (Å²) in [7, 11) is 0. The zero-order valence-corrected chi connectivity index (χ0v) is 12.3. The van der Waals surface area contributed by atoms with Crippen molar-refractivity contribution in [1.82, 2.24) is 4.98 Å². The molecule has 2 rings (SSSR count). The zero-order valence-electron chi connectivity index (χ0n) is 9.87. The van der Waals surface area contributed by atoms with Crippen LogP contribution in [0.4, 0.5) is 0 Å². The fraction of sp³-hybridized carbons (Fsp3) is 0.308. The smallest absolute Gasteiger partial charge is 0.140 e. The molecule has 0 spiro atoms. The van der Waals surface area contributed by atoms with E-state index in [2.05, 4.69) is 33.9 Å². The zero-order chi connectivity index (χ0) is 12.3. The van der Waals surface area contributed by atoms with Crippen molar-refractivity contribution in [3.8, 4) is 5.75 Å². The van der Waals surface area contributed by atoms with Gasteiger partial charge in [0.1, 0.15) is 17.4 Å². The highest BCUT2D eigenvalue weighted by molar-refractivity contribution is 9.08. The van der Waals surface area contributed by atoms with Crippen LogP contribution in [0.5, 0.6) is 5.75 Å². The van der Waals surface area contributed by atoms with Crippen LogP contribution in [0.15, 0.2) is 24.3 Å². The maximum Gasteiger partial charge on any atom is 0.140 e. The second kappa shape index (κ2) is 5.65. The van der Waals surface area contributed by atoms with E-state index in [0.29, 0.717) is 6.61 Å². The normalized spacial score (nSPS) is 10.5. The van der Waals surface area contributed by atoms with Crippen molar-refractivity contribution in [1.29, 1.82) is 0 Å². The number of hydrogen-bond acceptors (Lipinski definition) is 3. The molecule has 4 heteroatoms. The molecule has 0 atom stereocenters. The van der Waals surface area contributed by atoms with Crippen LogP contribution < -0.4 is 4.74 Å². The van der Waals surface area contributed by atoms with Gasteiger partial charge in [-0.15, -0.1) is 11.3 Å². The first-order valence-electron chi connectivity index (χ1n) is 5.39. The molecule has 1 aromatic carbocycles. The van der Waals surface area contributed by atoms with Crippen LogP contribution in [0.25, 0.3) is 0 Å². The Morgan fingerprint density at radius 3 is 2.82 bits per heavy atom. The summed E-state index contributed by atoms with van der Waals surface area (Å²) < 4.78 is 5.73. The number of rotatable bonds is 4. The highest BCUT2D eigenvalue weighted by atomic mass is 79.9. The number of alkyl halides is 1. The Bertz CT molecular complexity index is 490. The molecule has 90 valence electrons. The molecule has 2 aromatic rings. The third-order valence-corrected chi connectivity index (χ3v) is 4.18. The minimum atomic E-state index is 0.547. The number of nitrogens with zero attached hydrogens (tertiary/aromatic N) is 1. The molecule has 0 unspecified atom stereocenters. The van der Waals surface area contributed by atoms with Gasteiger partial charge >= 0.3 is 0 Å². The van der Waals surface area contributed by atoms with Gasteiger partial charge in [-0.1, -0.05) is 28.1 Å². The van der Waals surface area contributed by atoms with Gasteiger partial charge in [0.2, 0.25) is 0 Å². The van der Waals surface area contributed by atoms with Gasteiger partial charge < -0.3 is 4.74 Å². The summed E-state index contributed by atoms with van der Waals surface area (Å²) in [5, 5.41) is 1.88. The van der Waals surface area contributed by atoms with E-state index in [4.69, 9.17) is 4.74 Å². The van der Waals surface area contributed by atoms with E-state index < -0.39 is 0 Å². The third kappa shape index (κ3) is 3.30. The number of halogens is 1. The topological polar surface area (TPSA) is 22.1 Å². The van der Waals surface area contributed by atoms with Gasteiger partial charge in [-0.3, -0.25) is 0 Å². The van der Waals surface area contributed by atoms with Crippen molar-refractivity contribution in [2.24, 2.45) is 0 Å². The van der Waals surface area contributed by atoms with Crippen molar-refractivity contribution >= 4 is 27.3 Å². The van der Waals surface area contributed by atoms with Crippen LogP contribution in [0.2, 0.25) is 0 Å². The quantitative estimate of drug-likeness (QED) is 0.788. The van der Waals surface area contributed by atoms with Crippen molar-refractivity contribution in [2.45, 2.75) is 25.8 Å². The number of aryl methyl sites for hydroxylation is 2. The average Bonchev–Trinajstić information content (AvgIpc) is 2.67. The lowest BCUT2D eigenvalue weighted by molar-refractivity contribution is 0.305. The predicted molar refractivity (Wildman–Crippen MR) is 75.0 cm³/mol. The number of benzene rings is 1. The SMILES string of the molecule is Cc1nc(COc2cccc(CBr)c2)sc1C. The first kappa shape index (κ1) is 12.6. The fourth-order valence-electron chi connectivity index (χ4n) is 1.46. The highest BCUT2D eigenvalue weighted by Crippen LogP contribution is 2.20. The standard InChI is InChI=1S/C13H14BrNOS/c1-9-10(2)17-13(15-9)8-16-12-5-3-4-11(6-12)7-14/h3-6H,7-8H2,1-2H3. The van der Waals surface area contributed by atoms with Crippen LogP contribution in [-0.2, 0) is 11.9 Å². The van der Waals surface area contributed by atoms with Crippen LogP contribution in [-0.4, -0.2) is 4.98 Å². The van der Waals surface area contributed by atoms with Crippen molar-refractivity contribution < 1.29 is 4.74 Å². The molecule has 17 heavy (non-hydrogen) atoms. The largest absolute Gasteiger partial charge is 0.486 e. The molecule has 0 radical (unpaired) electrons. The van der Waals surface area contributed by atoms with Gasteiger partial charge in [0.25, 0.3) is 0 Å². The number of thiazole rings is 1. The molecule has 0 aliphatic rings. The number of aromatic nitrogens is 1. The molecule has 1 aromatic heterocycles. The maximum atomic E-state index is 5.73. The summed E-state index contributed by atoms with van der Waals surface area (Å²) in [6.45, 7) is 4.66. The Kier molecular flexibility index (Phi) is 4.18. The van der Waals surface area contributed by atoms with E-state index in [1.807, 2.05) is 25.1 Å². The van der Waals surface area contributed by atoms with E-state index >= 15 is 0 Å². The molecule has 0 saturated carbocycles. The van der Waals surface area contributed by atoms with E-state index in [1.165, 1.54) is 10.4 Å². The second-order valence-corrected chi connectivity index (χ2v) is 5.67. The Hall–Kier alpha value is -0.870. The predicted octanol–water partition coefficient (Wildman–Crippen LogP) is 4.23. The minimum Gasteiger partial charge on any atom is -0.486 e. The van der Waals surface area contributed by atoms with E-state index in [0.717, 1.165) is 21.8 Å². The third-order valence-electron chi connectivity index (χ3n) is 2.49. The molecule has 2 nitrogen and oxygen atoms in total. The van der Waals surface area contributed by atoms with Crippen molar-refractivity contribution in [3.05, 3.63) is 45.4 Å². The second-order valence-electron chi connectivity index (χ2n) is 3.82. The van der Waals surface area contributed by atoms with E-state index in [9.17, 15) is 0 Å². The van der Waals surface area contributed by atoms with Crippen LogP contribution >= 0.6 is 27.3 Å². The summed E-state index contributed by atoms with van der Waals surface area (Å²) >= 11 is 5.13. The summed E-state index contributed by atoms with van der Waals surface area (Å²) in [6, 6.07) is 8.09. The highest BCUT2D eigenvalue weighted by Gasteiger charge is 2.04. The van der Waals surface area contributed by atoms with Gasteiger partial charge in [0.15, 0.2) is 0 Å². The molecule has 0 aliphatic heterocycles. The lowest BCUT2D eigenvalue weighted by Crippen LogP contribution is -1.95. The lowest BCUT2D eigenvalue weighted by atomic mass is 10.2. The number of hydrogen-bond donors (Lipinski definition) is 0. The molecule has 0 N–H and O–H groups in total. The molecule has 0 bridgehead atoms. The van der Waals surface area contributed by atoms with Gasteiger partial charge in [0, 0.05) is 10.2 Å². The first-order valence-corrected chi connectivity index (χ1v) is 7.33. The average molecular weight is 312 g/mol. The Morgan fingerprint density at radius 1 is 1.35 bits per heavy atom. The molecular formula is C13H14BrNOS. The fourth-order valence-corrected chi connectivity index (χ4v) is 2.66. The molecule has 0 aliphatic carbocycles. The van der Waals surface area contributed by atoms with E-state index in [1.54, 1.807) is 11.3 Å². The molecule has 1 heterocycles. The molecule has 0 amide bonds. The van der Waals surface area contributed by atoms with Gasteiger partial charge in [-0.25, -0.2) is 4.98 Å². The van der Waals surface area contributed by atoms with Gasteiger partial charge in [-0.05, 0) is 31.5 Å².